The maximum Gasteiger partial charge on any atom is 0.238 e. The number of hydrogen-bond acceptors (Lipinski definition) is 4. The molecular weight excluding hydrogens is 342 g/mol. The second-order valence-electron chi connectivity index (χ2n) is 7.70. The number of hydrogen-bond donors (Lipinski definition) is 1. The molecule has 1 N–H and O–H groups in total. The molecule has 158 valence electrons. The highest BCUT2D eigenvalue weighted by atomic mass is 16.6. The summed E-state index contributed by atoms with van der Waals surface area (Å²) in [4.78, 5) is 21.0. The van der Waals surface area contributed by atoms with E-state index in [1.807, 2.05) is 0 Å². The van der Waals surface area contributed by atoms with Crippen molar-refractivity contribution in [3.8, 4) is 0 Å². The van der Waals surface area contributed by atoms with Gasteiger partial charge in [-0.3, -0.25) is 10.1 Å². The van der Waals surface area contributed by atoms with Gasteiger partial charge in [-0.25, -0.2) is 4.79 Å². The van der Waals surface area contributed by atoms with E-state index in [0.29, 0.717) is 12.8 Å². The molecule has 0 fully saturated rings. The summed E-state index contributed by atoms with van der Waals surface area (Å²) in [5, 5.41) is 21.4. The Kier molecular flexibility index (Phi) is 18.7. The number of aliphatic hydroxyl groups is 1. The van der Waals surface area contributed by atoms with Crippen molar-refractivity contribution in [3.05, 3.63) is 16.2 Å². The average Bonchev–Trinajstić information content (AvgIpc) is 2.65. The fraction of sp³-hybridized carbons (Fsp3) is 0.909. The largest absolute Gasteiger partial charge is 0.386 e. The Hall–Kier alpha value is -1.19. The molecule has 0 radical (unpaired) electrons. The molecule has 5 heteroatoms. The SMILES string of the molecule is CCCCCCCCC(O)C(CCCCCCCCCCC=C=O)[N+](=O)[O-]. The van der Waals surface area contributed by atoms with Crippen molar-refractivity contribution in [2.75, 3.05) is 0 Å². The lowest BCUT2D eigenvalue weighted by Gasteiger charge is -2.16. The van der Waals surface area contributed by atoms with Crippen LogP contribution in [0.15, 0.2) is 6.08 Å². The highest BCUT2D eigenvalue weighted by molar-refractivity contribution is 5.44. The Morgan fingerprint density at radius 2 is 1.33 bits per heavy atom. The third-order valence-electron chi connectivity index (χ3n) is 5.25. The summed E-state index contributed by atoms with van der Waals surface area (Å²) < 4.78 is 0. The van der Waals surface area contributed by atoms with E-state index in [9.17, 15) is 20.0 Å². The summed E-state index contributed by atoms with van der Waals surface area (Å²) in [6, 6.07) is -0.800. The summed E-state index contributed by atoms with van der Waals surface area (Å²) in [6.07, 6.45) is 18.1. The molecule has 0 aliphatic carbocycles. The van der Waals surface area contributed by atoms with Crippen LogP contribution in [0.3, 0.4) is 0 Å². The summed E-state index contributed by atoms with van der Waals surface area (Å²) >= 11 is 0. The molecule has 0 aliphatic heterocycles. The standard InChI is InChI=1S/C22H41NO4/c1-2-3-4-5-13-16-19-22(25)21(23(26)27)18-15-12-10-8-6-7-9-11-14-17-20-24/h17,21-22,25H,2-16,18-19H2,1H3. The van der Waals surface area contributed by atoms with Gasteiger partial charge < -0.3 is 5.11 Å². The molecule has 0 heterocycles. The molecular formula is C22H41NO4. The second-order valence-corrected chi connectivity index (χ2v) is 7.70. The molecule has 0 aromatic carbocycles. The van der Waals surface area contributed by atoms with Crippen LogP contribution in [0.4, 0.5) is 0 Å². The van der Waals surface area contributed by atoms with Crippen LogP contribution >= 0.6 is 0 Å². The van der Waals surface area contributed by atoms with Crippen molar-refractivity contribution in [1.82, 2.24) is 0 Å². The molecule has 0 aromatic rings. The lowest BCUT2D eigenvalue weighted by atomic mass is 9.98. The summed E-state index contributed by atoms with van der Waals surface area (Å²) in [5.74, 6) is 1.80. The molecule has 2 unspecified atom stereocenters. The number of unbranched alkanes of at least 4 members (excludes halogenated alkanes) is 13. The Morgan fingerprint density at radius 1 is 0.852 bits per heavy atom. The van der Waals surface area contributed by atoms with Crippen LogP contribution in [-0.2, 0) is 4.79 Å². The highest BCUT2D eigenvalue weighted by Gasteiger charge is 2.28. The minimum absolute atomic E-state index is 0.282. The van der Waals surface area contributed by atoms with Gasteiger partial charge in [-0.2, -0.15) is 0 Å². The van der Waals surface area contributed by atoms with Gasteiger partial charge in [-0.05, 0) is 31.8 Å². The topological polar surface area (TPSA) is 80.4 Å². The van der Waals surface area contributed by atoms with E-state index in [-0.39, 0.29) is 4.92 Å². The van der Waals surface area contributed by atoms with Gasteiger partial charge in [0.1, 0.15) is 12.0 Å². The van der Waals surface area contributed by atoms with Gasteiger partial charge >= 0.3 is 0 Å². The van der Waals surface area contributed by atoms with Gasteiger partial charge in [0.15, 0.2) is 0 Å². The normalized spacial score (nSPS) is 13.1. The van der Waals surface area contributed by atoms with E-state index in [1.165, 1.54) is 32.1 Å². The average molecular weight is 384 g/mol. The predicted molar refractivity (Wildman–Crippen MR) is 111 cm³/mol. The van der Waals surface area contributed by atoms with Gasteiger partial charge in [0.05, 0.1) is 0 Å². The van der Waals surface area contributed by atoms with Crippen molar-refractivity contribution in [2.24, 2.45) is 0 Å². The minimum Gasteiger partial charge on any atom is -0.386 e. The molecule has 0 spiro atoms. The van der Waals surface area contributed by atoms with E-state index in [0.717, 1.165) is 64.2 Å². The van der Waals surface area contributed by atoms with Crippen LogP contribution in [0.25, 0.3) is 0 Å². The van der Waals surface area contributed by atoms with Crippen molar-refractivity contribution in [2.45, 2.75) is 128 Å². The van der Waals surface area contributed by atoms with E-state index < -0.39 is 12.1 Å². The van der Waals surface area contributed by atoms with Crippen molar-refractivity contribution in [1.29, 1.82) is 0 Å². The number of rotatable bonds is 20. The molecule has 27 heavy (non-hydrogen) atoms. The first-order valence-electron chi connectivity index (χ1n) is 11.1. The number of carbonyl (C=O) groups excluding carboxylic acids is 1. The Morgan fingerprint density at radius 3 is 1.85 bits per heavy atom. The van der Waals surface area contributed by atoms with Crippen LogP contribution < -0.4 is 0 Å². The smallest absolute Gasteiger partial charge is 0.238 e. The quantitative estimate of drug-likeness (QED) is 0.120. The zero-order valence-electron chi connectivity index (χ0n) is 17.4. The van der Waals surface area contributed by atoms with Gasteiger partial charge in [0, 0.05) is 11.3 Å². The third-order valence-corrected chi connectivity index (χ3v) is 5.25. The molecule has 0 saturated carbocycles. The highest BCUT2D eigenvalue weighted by Crippen LogP contribution is 2.17. The monoisotopic (exact) mass is 383 g/mol. The van der Waals surface area contributed by atoms with Gasteiger partial charge in [0.2, 0.25) is 6.04 Å². The van der Waals surface area contributed by atoms with Gasteiger partial charge in [-0.15, -0.1) is 0 Å². The number of aliphatic hydroxyl groups excluding tert-OH is 1. The Bertz CT molecular complexity index is 394. The summed E-state index contributed by atoms with van der Waals surface area (Å²) in [5.41, 5.74) is 0. The summed E-state index contributed by atoms with van der Waals surface area (Å²) in [7, 11) is 0. The lowest BCUT2D eigenvalue weighted by molar-refractivity contribution is -0.535. The van der Waals surface area contributed by atoms with E-state index in [1.54, 1.807) is 12.0 Å². The van der Waals surface area contributed by atoms with E-state index in [4.69, 9.17) is 0 Å². The Balaban J connectivity index is 3.68. The first kappa shape index (κ1) is 25.8. The van der Waals surface area contributed by atoms with E-state index in [2.05, 4.69) is 6.92 Å². The Labute approximate surface area is 165 Å². The zero-order valence-corrected chi connectivity index (χ0v) is 17.4. The maximum atomic E-state index is 11.2. The molecule has 0 amide bonds. The van der Waals surface area contributed by atoms with Crippen LogP contribution in [0, 0.1) is 10.1 Å². The number of nitrogens with zero attached hydrogens (tertiary/aromatic N) is 1. The predicted octanol–water partition coefficient (Wildman–Crippen LogP) is 6.03. The molecule has 5 nitrogen and oxygen atoms in total. The zero-order chi connectivity index (χ0) is 20.2. The summed E-state index contributed by atoms with van der Waals surface area (Å²) in [6.45, 7) is 2.18. The molecule has 0 aliphatic rings. The second kappa shape index (κ2) is 19.6. The van der Waals surface area contributed by atoms with Crippen LogP contribution in [0.5, 0.6) is 0 Å². The van der Waals surface area contributed by atoms with Crippen LogP contribution in [-0.4, -0.2) is 28.1 Å². The lowest BCUT2D eigenvalue weighted by Crippen LogP contribution is -2.33. The fourth-order valence-corrected chi connectivity index (χ4v) is 3.48. The van der Waals surface area contributed by atoms with Gasteiger partial charge in [-0.1, -0.05) is 84.0 Å². The van der Waals surface area contributed by atoms with Crippen molar-refractivity contribution >= 4 is 5.94 Å². The molecule has 0 aromatic heterocycles. The first-order valence-corrected chi connectivity index (χ1v) is 11.1. The molecule has 2 atom stereocenters. The number of allylic oxidation sites excluding steroid dienone is 1. The van der Waals surface area contributed by atoms with E-state index >= 15 is 0 Å². The first-order chi connectivity index (χ1) is 13.1. The maximum absolute atomic E-state index is 11.2. The third kappa shape index (κ3) is 16.7. The van der Waals surface area contributed by atoms with Crippen molar-refractivity contribution < 1.29 is 14.8 Å². The van der Waals surface area contributed by atoms with Crippen molar-refractivity contribution in [3.63, 3.8) is 0 Å². The number of nitro groups is 1. The van der Waals surface area contributed by atoms with Crippen LogP contribution in [0.2, 0.25) is 0 Å². The minimum atomic E-state index is -0.800. The van der Waals surface area contributed by atoms with Crippen LogP contribution in [0.1, 0.15) is 116 Å². The molecule has 0 saturated heterocycles. The fourth-order valence-electron chi connectivity index (χ4n) is 3.48. The van der Waals surface area contributed by atoms with Gasteiger partial charge in [0.25, 0.3) is 0 Å². The molecule has 0 bridgehead atoms. The molecule has 0 rings (SSSR count).